The second-order valence-electron chi connectivity index (χ2n) is 16.2. The Kier molecular flexibility index (Phi) is 21.3. The Labute approximate surface area is 352 Å². The van der Waals surface area contributed by atoms with E-state index in [1.165, 1.54) is 32.8 Å². The van der Waals surface area contributed by atoms with Crippen LogP contribution >= 0.6 is 0 Å². The zero-order valence-corrected chi connectivity index (χ0v) is 37.9. The smallest absolute Gasteiger partial charge is 0.256 e. The molecule has 1 aromatic rings. The topological polar surface area (TPSA) is 213 Å². The van der Waals surface area contributed by atoms with Crippen molar-refractivity contribution in [3.8, 4) is 5.75 Å². The molecule has 1 saturated heterocycles. The summed E-state index contributed by atoms with van der Waals surface area (Å²) in [4.78, 5) is 70.7. The number of nitrogens with one attached hydrogen (secondary N) is 4. The van der Waals surface area contributed by atoms with Crippen molar-refractivity contribution < 1.29 is 47.0 Å². The highest BCUT2D eigenvalue weighted by Gasteiger charge is 2.43. The van der Waals surface area contributed by atoms with Crippen molar-refractivity contribution >= 4 is 39.6 Å². The van der Waals surface area contributed by atoms with Crippen molar-refractivity contribution in [3.63, 3.8) is 0 Å². The summed E-state index contributed by atoms with van der Waals surface area (Å²) in [5, 5.41) is 17.5. The molecule has 59 heavy (non-hydrogen) atoms. The van der Waals surface area contributed by atoms with Gasteiger partial charge in [0.15, 0.2) is 0 Å². The lowest BCUT2D eigenvalue weighted by molar-refractivity contribution is -0.146. The highest BCUT2D eigenvalue weighted by Crippen LogP contribution is 2.30. The van der Waals surface area contributed by atoms with Crippen LogP contribution in [-0.4, -0.2) is 136 Å². The average Bonchev–Trinajstić information content (AvgIpc) is 3.96. The van der Waals surface area contributed by atoms with Crippen molar-refractivity contribution in [2.75, 3.05) is 41.4 Å². The predicted molar refractivity (Wildman–Crippen MR) is 227 cm³/mol. The number of sulfonamides is 1. The van der Waals surface area contributed by atoms with Gasteiger partial charge in [0.1, 0.15) is 11.8 Å². The normalized spacial score (nSPS) is 18.9. The molecule has 0 bridgehead atoms. The van der Waals surface area contributed by atoms with Gasteiger partial charge in [0.25, 0.3) is 5.91 Å². The molecule has 1 aliphatic heterocycles. The molecule has 0 aromatic heterocycles. The van der Waals surface area contributed by atoms with Crippen LogP contribution in [0, 0.1) is 17.8 Å². The number of hydrogen-bond donors (Lipinski definition) is 5. The monoisotopic (exact) mass is 853 g/mol. The molecular weight excluding hydrogens is 781 g/mol. The molecule has 1 saturated carbocycles. The van der Waals surface area contributed by atoms with Crippen LogP contribution in [0.3, 0.4) is 0 Å². The summed E-state index contributed by atoms with van der Waals surface area (Å²) in [5.41, 5.74) is 0.588. The Morgan fingerprint density at radius 2 is 1.54 bits per heavy atom. The first kappa shape index (κ1) is 51.3. The number of phenolic OH excluding ortho intramolecular Hbond substituents is 1. The van der Waals surface area contributed by atoms with E-state index in [4.69, 9.17) is 9.47 Å². The number of phenols is 1. The van der Waals surface area contributed by atoms with E-state index in [2.05, 4.69) is 34.5 Å². The lowest BCUT2D eigenvalue weighted by atomic mass is 9.90. The number of likely N-dealkylation sites (N-methyl/N-ethyl adjacent to an activating group) is 2. The van der Waals surface area contributed by atoms with E-state index >= 15 is 0 Å². The SMILES string of the molecule is CCC.CC[C@H](C)[C@@H]([C@@H](CC(=O)N1CCC[C@H]1[C@H](OC)[C@@H](C)C(=O)N[C@@H](Cc1ccc(O)cc1)C(=O)NS(=O)(=O)C1CC1)OC)N(C)C(=O)CNC(=O)C(NC)C(C)C. The highest BCUT2D eigenvalue weighted by molar-refractivity contribution is 7.90. The van der Waals surface area contributed by atoms with Gasteiger partial charge in [-0.15, -0.1) is 0 Å². The Balaban J connectivity index is 0.00000387. The van der Waals surface area contributed by atoms with Crippen molar-refractivity contribution in [2.24, 2.45) is 17.8 Å². The number of hydrogen-bond acceptors (Lipinski definition) is 11. The number of likely N-dealkylation sites (tertiary alicyclic amines) is 1. The van der Waals surface area contributed by atoms with Crippen LogP contribution in [0.5, 0.6) is 5.75 Å². The van der Waals surface area contributed by atoms with E-state index in [1.807, 2.05) is 27.7 Å². The van der Waals surface area contributed by atoms with E-state index in [9.17, 15) is 37.5 Å². The molecule has 0 radical (unpaired) electrons. The number of ether oxygens (including phenoxy) is 2. The molecule has 5 amide bonds. The van der Waals surface area contributed by atoms with Gasteiger partial charge in [-0.2, -0.15) is 0 Å². The third-order valence-electron chi connectivity index (χ3n) is 11.2. The fourth-order valence-corrected chi connectivity index (χ4v) is 8.89. The molecule has 1 aromatic carbocycles. The molecular formula is C42H72N6O10S. The highest BCUT2D eigenvalue weighted by atomic mass is 32.2. The number of carbonyl (C=O) groups excluding carboxylic acids is 5. The van der Waals surface area contributed by atoms with E-state index in [0.29, 0.717) is 44.2 Å². The van der Waals surface area contributed by atoms with Crippen LogP contribution in [0.15, 0.2) is 24.3 Å². The Morgan fingerprint density at radius 1 is 0.932 bits per heavy atom. The molecule has 3 rings (SSSR count). The summed E-state index contributed by atoms with van der Waals surface area (Å²) in [7, 11) is 2.40. The number of benzene rings is 1. The minimum absolute atomic E-state index is 0.0144. The van der Waals surface area contributed by atoms with Crippen molar-refractivity contribution in [2.45, 2.75) is 141 Å². The molecule has 5 N–H and O–H groups in total. The Hall–Kier alpha value is -3.80. The van der Waals surface area contributed by atoms with Crippen LogP contribution in [0.2, 0.25) is 0 Å². The summed E-state index contributed by atoms with van der Waals surface area (Å²) < 4.78 is 39.2. The van der Waals surface area contributed by atoms with Crippen molar-refractivity contribution in [1.29, 1.82) is 0 Å². The fraction of sp³-hybridized carbons (Fsp3) is 0.738. The Morgan fingerprint density at radius 3 is 2.05 bits per heavy atom. The third-order valence-corrected chi connectivity index (χ3v) is 13.0. The zero-order chi connectivity index (χ0) is 44.6. The van der Waals surface area contributed by atoms with Gasteiger partial charge in [0, 0.05) is 34.2 Å². The molecule has 1 unspecified atom stereocenters. The molecule has 2 aliphatic rings. The summed E-state index contributed by atoms with van der Waals surface area (Å²) in [6.45, 7) is 13.9. The van der Waals surface area contributed by atoms with Gasteiger partial charge >= 0.3 is 0 Å². The van der Waals surface area contributed by atoms with Crippen LogP contribution in [-0.2, 0) is 49.9 Å². The van der Waals surface area contributed by atoms with Crippen LogP contribution in [0.4, 0.5) is 0 Å². The summed E-state index contributed by atoms with van der Waals surface area (Å²) in [6, 6.07) is 3.33. The van der Waals surface area contributed by atoms with Crippen LogP contribution in [0.25, 0.3) is 0 Å². The summed E-state index contributed by atoms with van der Waals surface area (Å²) >= 11 is 0. The van der Waals surface area contributed by atoms with Gasteiger partial charge in [-0.05, 0) is 62.3 Å². The third kappa shape index (κ3) is 15.0. The van der Waals surface area contributed by atoms with E-state index < -0.39 is 69.4 Å². The van der Waals surface area contributed by atoms with Gasteiger partial charge in [0.2, 0.25) is 33.7 Å². The van der Waals surface area contributed by atoms with Gasteiger partial charge in [0.05, 0.1) is 54.5 Å². The minimum atomic E-state index is -3.90. The molecule has 2 fully saturated rings. The quantitative estimate of drug-likeness (QED) is 0.114. The molecule has 1 heterocycles. The Bertz CT molecular complexity index is 1620. The number of aromatic hydroxyl groups is 1. The van der Waals surface area contributed by atoms with E-state index in [-0.39, 0.29) is 54.7 Å². The molecule has 8 atom stereocenters. The maximum Gasteiger partial charge on any atom is 0.256 e. The lowest BCUT2D eigenvalue weighted by Crippen LogP contribution is -2.56. The van der Waals surface area contributed by atoms with Gasteiger partial charge in [-0.25, -0.2) is 8.42 Å². The number of amides is 5. The van der Waals surface area contributed by atoms with E-state index in [1.54, 1.807) is 43.0 Å². The maximum absolute atomic E-state index is 14.1. The zero-order valence-electron chi connectivity index (χ0n) is 37.1. The summed E-state index contributed by atoms with van der Waals surface area (Å²) in [5.74, 6) is -3.17. The lowest BCUT2D eigenvalue weighted by Gasteiger charge is -2.39. The van der Waals surface area contributed by atoms with Crippen molar-refractivity contribution in [3.05, 3.63) is 29.8 Å². The summed E-state index contributed by atoms with van der Waals surface area (Å²) in [6.07, 6.45) is 2.51. The molecule has 17 heteroatoms. The number of methoxy groups -OCH3 is 2. The van der Waals surface area contributed by atoms with Crippen LogP contribution in [0.1, 0.15) is 99.0 Å². The average molecular weight is 853 g/mol. The largest absolute Gasteiger partial charge is 0.508 e. The number of carbonyl (C=O) groups is 5. The predicted octanol–water partition coefficient (Wildman–Crippen LogP) is 2.72. The molecule has 16 nitrogen and oxygen atoms in total. The first-order valence-electron chi connectivity index (χ1n) is 21.0. The van der Waals surface area contributed by atoms with E-state index in [0.717, 1.165) is 0 Å². The number of nitrogens with zero attached hydrogens (tertiary/aromatic N) is 2. The standard InChI is InChI=1S/C39H64N6O10S.C3H8/c1-10-24(4)35(44(7)33(48)22-41-39(51)34(40-6)23(2)3)31(54-8)21-32(47)45-19-11-12-30(45)36(55-9)25(5)37(49)42-29(20-26-13-15-27(46)16-14-26)38(50)43-56(52,53)28-17-18-28;1-3-2/h13-16,23-25,28-31,34-36,40,46H,10-12,17-22H2,1-9H3,(H,41,51)(H,42,49)(H,43,50);3H2,1-2H3/t24-,25+,29-,30-,31+,34?,35-,36+;/m0./s1. The molecule has 1 aliphatic carbocycles. The first-order chi connectivity index (χ1) is 27.8. The van der Waals surface area contributed by atoms with Gasteiger partial charge in [-0.3, -0.25) is 28.7 Å². The second-order valence-corrected chi connectivity index (χ2v) is 18.2. The fourth-order valence-electron chi connectivity index (χ4n) is 7.54. The number of rotatable bonds is 22. The van der Waals surface area contributed by atoms with Gasteiger partial charge in [-0.1, -0.05) is 73.4 Å². The second kappa shape index (κ2) is 24.5. The van der Waals surface area contributed by atoms with Gasteiger partial charge < -0.3 is 40.3 Å². The first-order valence-corrected chi connectivity index (χ1v) is 22.6. The van der Waals surface area contributed by atoms with Crippen molar-refractivity contribution in [1.82, 2.24) is 30.5 Å². The maximum atomic E-state index is 14.1. The van der Waals surface area contributed by atoms with Crippen LogP contribution < -0.4 is 20.7 Å². The molecule has 336 valence electrons. The molecule has 0 spiro atoms. The minimum Gasteiger partial charge on any atom is -0.508 e.